The average Bonchev–Trinajstić information content (AvgIpc) is 3.03. The Morgan fingerprint density at radius 3 is 2.38 bits per heavy atom. The molecule has 5 nitrogen and oxygen atoms in total. The Balaban J connectivity index is 2.12. The predicted molar refractivity (Wildman–Crippen MR) is 87.8 cm³/mol. The number of hydrogen-bond acceptors (Lipinski definition) is 3. The molecule has 2 rings (SSSR count). The predicted octanol–water partition coefficient (Wildman–Crippen LogP) is 2.53. The zero-order valence-electron chi connectivity index (χ0n) is 12.3. The molecule has 6 heteroatoms. The van der Waals surface area contributed by atoms with E-state index in [1.807, 2.05) is 24.3 Å². The van der Waals surface area contributed by atoms with Gasteiger partial charge in [0.2, 0.25) is 5.91 Å². The molecule has 0 bridgehead atoms. The number of benzene rings is 1. The van der Waals surface area contributed by atoms with Crippen LogP contribution in [0.2, 0.25) is 0 Å². The van der Waals surface area contributed by atoms with Crippen LogP contribution in [0.1, 0.15) is 38.7 Å². The van der Waals surface area contributed by atoms with E-state index in [9.17, 15) is 9.59 Å². The number of amides is 2. The maximum Gasteiger partial charge on any atom is 0.408 e. The summed E-state index contributed by atoms with van der Waals surface area (Å²) in [5.41, 5.74) is 4.84. The summed E-state index contributed by atoms with van der Waals surface area (Å²) in [6.45, 7) is 5.31. The summed E-state index contributed by atoms with van der Waals surface area (Å²) in [5.74, 6) is -0.628. The first-order valence-electron chi connectivity index (χ1n) is 6.70. The lowest BCUT2D eigenvalue weighted by atomic mass is 10.1. The van der Waals surface area contributed by atoms with Gasteiger partial charge >= 0.3 is 6.09 Å². The van der Waals surface area contributed by atoms with Crippen LogP contribution in [0.15, 0.2) is 24.3 Å². The standard InChI is InChI=1S/C15H19IN2O3/c1-14(2,3)21-13(20)18-15(12(17)19)8-11(15)9-4-6-10(16)7-5-9/h4-7,11H,8H2,1-3H3,(H2,17,19)(H,18,20)/t11-,15+/m1/s1. The summed E-state index contributed by atoms with van der Waals surface area (Å²) >= 11 is 2.22. The number of nitrogens with one attached hydrogen (secondary N) is 1. The number of hydrogen-bond donors (Lipinski definition) is 2. The largest absolute Gasteiger partial charge is 0.444 e. The maximum absolute atomic E-state index is 11.9. The number of halogens is 1. The minimum atomic E-state index is -1.03. The van der Waals surface area contributed by atoms with Crippen LogP contribution < -0.4 is 11.1 Å². The van der Waals surface area contributed by atoms with E-state index < -0.39 is 23.1 Å². The van der Waals surface area contributed by atoms with E-state index in [1.54, 1.807) is 20.8 Å². The van der Waals surface area contributed by atoms with Crippen molar-refractivity contribution < 1.29 is 14.3 Å². The van der Waals surface area contributed by atoms with Crippen LogP contribution in [0.3, 0.4) is 0 Å². The summed E-state index contributed by atoms with van der Waals surface area (Å²) in [5, 5.41) is 2.65. The lowest BCUT2D eigenvalue weighted by molar-refractivity contribution is -0.121. The molecule has 2 amide bonds. The molecule has 1 aliphatic carbocycles. The SMILES string of the molecule is CC(C)(C)OC(=O)N[C@@]1(C(N)=O)C[C@@H]1c1ccc(I)cc1. The molecule has 1 aromatic rings. The molecule has 2 atom stereocenters. The molecule has 1 saturated carbocycles. The van der Waals surface area contributed by atoms with Crippen LogP contribution in [-0.2, 0) is 9.53 Å². The van der Waals surface area contributed by atoms with E-state index in [0.717, 1.165) is 9.13 Å². The highest BCUT2D eigenvalue weighted by Gasteiger charge is 2.61. The van der Waals surface area contributed by atoms with Gasteiger partial charge in [0.15, 0.2) is 0 Å². The van der Waals surface area contributed by atoms with E-state index in [0.29, 0.717) is 6.42 Å². The van der Waals surface area contributed by atoms with Gasteiger partial charge < -0.3 is 15.8 Å². The molecular formula is C15H19IN2O3. The van der Waals surface area contributed by atoms with Gasteiger partial charge in [-0.2, -0.15) is 0 Å². The van der Waals surface area contributed by atoms with Crippen molar-refractivity contribution in [2.24, 2.45) is 5.73 Å². The van der Waals surface area contributed by atoms with Gasteiger partial charge in [-0.05, 0) is 67.5 Å². The Bertz CT molecular complexity index is 565. The lowest BCUT2D eigenvalue weighted by Gasteiger charge is -2.23. The van der Waals surface area contributed by atoms with Gasteiger partial charge in [-0.1, -0.05) is 12.1 Å². The minimum Gasteiger partial charge on any atom is -0.444 e. The Kier molecular flexibility index (Phi) is 4.19. The van der Waals surface area contributed by atoms with Gasteiger partial charge in [-0.25, -0.2) is 4.79 Å². The van der Waals surface area contributed by atoms with Crippen molar-refractivity contribution >= 4 is 34.6 Å². The monoisotopic (exact) mass is 402 g/mol. The third-order valence-corrected chi connectivity index (χ3v) is 4.12. The molecule has 1 aliphatic rings. The van der Waals surface area contributed by atoms with Crippen LogP contribution in [-0.4, -0.2) is 23.1 Å². The number of carbonyl (C=O) groups is 2. The highest BCUT2D eigenvalue weighted by Crippen LogP contribution is 2.51. The fraction of sp³-hybridized carbons (Fsp3) is 0.467. The molecule has 0 spiro atoms. The molecule has 21 heavy (non-hydrogen) atoms. The molecule has 0 unspecified atom stereocenters. The molecule has 0 saturated heterocycles. The van der Waals surface area contributed by atoms with E-state index in [4.69, 9.17) is 10.5 Å². The van der Waals surface area contributed by atoms with Crippen molar-refractivity contribution in [3.05, 3.63) is 33.4 Å². The number of alkyl carbamates (subject to hydrolysis) is 1. The second kappa shape index (κ2) is 5.47. The highest BCUT2D eigenvalue weighted by atomic mass is 127. The molecule has 3 N–H and O–H groups in total. The zero-order valence-corrected chi connectivity index (χ0v) is 14.4. The first kappa shape index (κ1) is 16.1. The van der Waals surface area contributed by atoms with Gasteiger partial charge in [0.25, 0.3) is 0 Å². The number of carbonyl (C=O) groups excluding carboxylic acids is 2. The summed E-state index contributed by atoms with van der Waals surface area (Å²) < 4.78 is 6.32. The van der Waals surface area contributed by atoms with Gasteiger partial charge in [0.05, 0.1) is 0 Å². The molecule has 0 aromatic heterocycles. The van der Waals surface area contributed by atoms with Crippen molar-refractivity contribution in [3.8, 4) is 0 Å². The minimum absolute atomic E-state index is 0.0977. The second-order valence-corrected chi connectivity index (χ2v) is 7.52. The van der Waals surface area contributed by atoms with Gasteiger partial charge in [0, 0.05) is 9.49 Å². The number of primary amides is 1. The zero-order chi connectivity index (χ0) is 15.8. The van der Waals surface area contributed by atoms with Crippen LogP contribution in [0.5, 0.6) is 0 Å². The first-order valence-corrected chi connectivity index (χ1v) is 7.78. The molecular weight excluding hydrogens is 383 g/mol. The van der Waals surface area contributed by atoms with Crippen molar-refractivity contribution in [1.29, 1.82) is 0 Å². The summed E-state index contributed by atoms with van der Waals surface area (Å²) in [6.07, 6.45) is -0.114. The fourth-order valence-electron chi connectivity index (χ4n) is 2.32. The van der Waals surface area contributed by atoms with E-state index in [1.165, 1.54) is 0 Å². The van der Waals surface area contributed by atoms with Gasteiger partial charge in [-0.15, -0.1) is 0 Å². The molecule has 0 radical (unpaired) electrons. The number of rotatable bonds is 3. The van der Waals surface area contributed by atoms with Gasteiger partial charge in [0.1, 0.15) is 11.1 Å². The quantitative estimate of drug-likeness (QED) is 0.763. The van der Waals surface area contributed by atoms with Crippen LogP contribution in [0, 0.1) is 3.57 Å². The van der Waals surface area contributed by atoms with Crippen molar-refractivity contribution in [3.63, 3.8) is 0 Å². The van der Waals surface area contributed by atoms with Gasteiger partial charge in [-0.3, -0.25) is 4.79 Å². The Morgan fingerprint density at radius 1 is 1.33 bits per heavy atom. The summed E-state index contributed by atoms with van der Waals surface area (Å²) in [7, 11) is 0. The van der Waals surface area contributed by atoms with Crippen molar-refractivity contribution in [1.82, 2.24) is 5.32 Å². The second-order valence-electron chi connectivity index (χ2n) is 6.27. The van der Waals surface area contributed by atoms with E-state index in [-0.39, 0.29) is 5.92 Å². The smallest absolute Gasteiger partial charge is 0.408 e. The fourth-order valence-corrected chi connectivity index (χ4v) is 2.68. The molecule has 114 valence electrons. The Morgan fingerprint density at radius 2 is 1.90 bits per heavy atom. The molecule has 0 heterocycles. The van der Waals surface area contributed by atoms with Crippen molar-refractivity contribution in [2.45, 2.75) is 44.2 Å². The van der Waals surface area contributed by atoms with Crippen molar-refractivity contribution in [2.75, 3.05) is 0 Å². The van der Waals surface area contributed by atoms with Crippen LogP contribution in [0.25, 0.3) is 0 Å². The maximum atomic E-state index is 11.9. The number of ether oxygens (including phenoxy) is 1. The van der Waals surface area contributed by atoms with Crippen LogP contribution in [0.4, 0.5) is 4.79 Å². The summed E-state index contributed by atoms with van der Waals surface area (Å²) in [4.78, 5) is 23.7. The van der Waals surface area contributed by atoms with Crippen LogP contribution >= 0.6 is 22.6 Å². The lowest BCUT2D eigenvalue weighted by Crippen LogP contribution is -2.49. The normalized spacial score (nSPS) is 24.3. The number of nitrogens with two attached hydrogens (primary N) is 1. The third-order valence-electron chi connectivity index (χ3n) is 3.40. The Labute approximate surface area is 137 Å². The highest BCUT2D eigenvalue weighted by molar-refractivity contribution is 14.1. The molecule has 1 fully saturated rings. The first-order chi connectivity index (χ1) is 9.64. The van der Waals surface area contributed by atoms with E-state index in [2.05, 4.69) is 27.9 Å². The topological polar surface area (TPSA) is 81.4 Å². The average molecular weight is 402 g/mol. The Hall–Kier alpha value is -1.31. The summed E-state index contributed by atoms with van der Waals surface area (Å²) in [6, 6.07) is 7.84. The third kappa shape index (κ3) is 3.66. The molecule has 0 aliphatic heterocycles. The molecule has 1 aromatic carbocycles. The van der Waals surface area contributed by atoms with E-state index >= 15 is 0 Å².